The maximum Gasteiger partial charge on any atom is 0.315 e. The first-order valence-electron chi connectivity index (χ1n) is 11.3. The Morgan fingerprint density at radius 1 is 1.25 bits per heavy atom. The number of benzene rings is 1. The normalized spacial score (nSPS) is 17.6. The van der Waals surface area contributed by atoms with Crippen molar-refractivity contribution in [3.8, 4) is 0 Å². The Balaban J connectivity index is 1.41. The molecule has 0 bridgehead atoms. The van der Waals surface area contributed by atoms with Gasteiger partial charge < -0.3 is 25.7 Å². The van der Waals surface area contributed by atoms with Gasteiger partial charge >= 0.3 is 6.03 Å². The van der Waals surface area contributed by atoms with Crippen LogP contribution < -0.4 is 11.5 Å². The van der Waals surface area contributed by atoms with Crippen molar-refractivity contribution in [2.24, 2.45) is 5.73 Å². The number of imidazole rings is 1. The van der Waals surface area contributed by atoms with Crippen LogP contribution in [0.5, 0.6) is 0 Å². The van der Waals surface area contributed by atoms with Gasteiger partial charge in [0.1, 0.15) is 17.9 Å². The number of amides is 2. The van der Waals surface area contributed by atoms with E-state index in [-0.39, 0.29) is 12.1 Å². The number of anilines is 1. The van der Waals surface area contributed by atoms with E-state index in [1.165, 1.54) is 5.56 Å². The Bertz CT molecular complexity index is 1080. The van der Waals surface area contributed by atoms with E-state index >= 15 is 0 Å². The molecule has 4 N–H and O–H groups in total. The van der Waals surface area contributed by atoms with Gasteiger partial charge in [-0.1, -0.05) is 30.3 Å². The molecule has 0 saturated heterocycles. The number of urea groups is 1. The zero-order valence-corrected chi connectivity index (χ0v) is 18.8. The molecule has 170 valence electrons. The fourth-order valence-corrected chi connectivity index (χ4v) is 4.45. The minimum Gasteiger partial charge on any atom is -0.382 e. The van der Waals surface area contributed by atoms with Crippen LogP contribution in [0.4, 0.5) is 10.6 Å². The van der Waals surface area contributed by atoms with Crippen molar-refractivity contribution in [2.75, 3.05) is 18.9 Å². The Morgan fingerprint density at radius 3 is 2.75 bits per heavy atom. The molecule has 2 aromatic heterocycles. The number of primary amides is 1. The number of hydrogen-bond donors (Lipinski definition) is 2. The summed E-state index contributed by atoms with van der Waals surface area (Å²) in [6.07, 6.45) is 2.72. The van der Waals surface area contributed by atoms with Crippen molar-refractivity contribution in [1.82, 2.24) is 19.4 Å². The molecule has 0 radical (unpaired) electrons. The Kier molecular flexibility index (Phi) is 6.60. The summed E-state index contributed by atoms with van der Waals surface area (Å²) in [6, 6.07) is 12.2. The molecule has 1 aliphatic rings. The van der Waals surface area contributed by atoms with Crippen LogP contribution in [0.25, 0.3) is 11.0 Å². The number of aryl methyl sites for hydroxylation is 2. The SMILES string of the molecule is CCOCc1nc2c(N)nc(C)cc2n1CCCCN(C(N)=O)[C@@H]1C[C@H]1c1ccccc1. The first kappa shape index (κ1) is 22.1. The summed E-state index contributed by atoms with van der Waals surface area (Å²) in [5, 5.41) is 0. The first-order chi connectivity index (χ1) is 15.5. The summed E-state index contributed by atoms with van der Waals surface area (Å²) in [4.78, 5) is 22.9. The molecule has 2 heterocycles. The fraction of sp³-hybridized carbons (Fsp3) is 0.458. The molecular formula is C24H32N6O2. The zero-order chi connectivity index (χ0) is 22.7. The highest BCUT2D eigenvalue weighted by Gasteiger charge is 2.43. The lowest BCUT2D eigenvalue weighted by Gasteiger charge is -2.21. The van der Waals surface area contributed by atoms with Crippen LogP contribution in [-0.2, 0) is 17.9 Å². The predicted molar refractivity (Wildman–Crippen MR) is 125 cm³/mol. The topological polar surface area (TPSA) is 112 Å². The van der Waals surface area contributed by atoms with E-state index in [1.807, 2.05) is 43.0 Å². The molecule has 32 heavy (non-hydrogen) atoms. The van der Waals surface area contributed by atoms with Gasteiger partial charge in [0.2, 0.25) is 0 Å². The molecule has 0 unspecified atom stereocenters. The van der Waals surface area contributed by atoms with Crippen molar-refractivity contribution in [1.29, 1.82) is 0 Å². The number of rotatable bonds is 10. The van der Waals surface area contributed by atoms with Crippen LogP contribution in [-0.4, -0.2) is 44.7 Å². The van der Waals surface area contributed by atoms with Gasteiger partial charge in [0.15, 0.2) is 5.82 Å². The van der Waals surface area contributed by atoms with Gasteiger partial charge in [-0.2, -0.15) is 0 Å². The summed E-state index contributed by atoms with van der Waals surface area (Å²) in [5.41, 5.74) is 15.7. The molecule has 1 aromatic carbocycles. The summed E-state index contributed by atoms with van der Waals surface area (Å²) in [7, 11) is 0. The number of ether oxygens (including phenoxy) is 1. The van der Waals surface area contributed by atoms with E-state index in [0.717, 1.165) is 42.8 Å². The largest absolute Gasteiger partial charge is 0.382 e. The lowest BCUT2D eigenvalue weighted by molar-refractivity contribution is 0.126. The van der Waals surface area contributed by atoms with Crippen LogP contribution in [0.15, 0.2) is 36.4 Å². The number of carbonyl (C=O) groups excluding carboxylic acids is 1. The molecule has 1 saturated carbocycles. The maximum absolute atomic E-state index is 12.1. The summed E-state index contributed by atoms with van der Waals surface area (Å²) in [5.74, 6) is 1.67. The van der Waals surface area contributed by atoms with E-state index in [4.69, 9.17) is 16.2 Å². The number of aromatic nitrogens is 3. The standard InChI is InChI=1S/C24H32N6O2/c1-3-32-15-21-28-22-20(13-16(2)27-23(22)25)29(21)11-7-8-12-30(24(26)31)19-14-18(19)17-9-5-4-6-10-17/h4-6,9-10,13,18-19H,3,7-8,11-12,14-15H2,1-2H3,(H2,25,27)(H2,26,31)/t18-,19+/m0/s1. The smallest absolute Gasteiger partial charge is 0.315 e. The summed E-state index contributed by atoms with van der Waals surface area (Å²) >= 11 is 0. The van der Waals surface area contributed by atoms with Crippen LogP contribution in [0.3, 0.4) is 0 Å². The van der Waals surface area contributed by atoms with Crippen molar-refractivity contribution in [3.63, 3.8) is 0 Å². The summed E-state index contributed by atoms with van der Waals surface area (Å²) < 4.78 is 7.78. The van der Waals surface area contributed by atoms with Crippen molar-refractivity contribution in [3.05, 3.63) is 53.5 Å². The van der Waals surface area contributed by atoms with Crippen molar-refractivity contribution >= 4 is 22.9 Å². The van der Waals surface area contributed by atoms with E-state index in [1.54, 1.807) is 0 Å². The van der Waals surface area contributed by atoms with Crippen LogP contribution in [0.1, 0.15) is 49.2 Å². The van der Waals surface area contributed by atoms with E-state index in [2.05, 4.69) is 26.7 Å². The number of nitrogens with zero attached hydrogens (tertiary/aromatic N) is 4. The van der Waals surface area contributed by atoms with E-state index in [9.17, 15) is 4.79 Å². The minimum absolute atomic E-state index is 0.200. The monoisotopic (exact) mass is 436 g/mol. The van der Waals surface area contributed by atoms with Gasteiger partial charge in [-0.3, -0.25) is 0 Å². The lowest BCUT2D eigenvalue weighted by Crippen LogP contribution is -2.39. The third kappa shape index (κ3) is 4.70. The highest BCUT2D eigenvalue weighted by atomic mass is 16.5. The van der Waals surface area contributed by atoms with Gasteiger partial charge in [0, 0.05) is 37.4 Å². The first-order valence-corrected chi connectivity index (χ1v) is 11.3. The molecule has 1 aliphatic carbocycles. The second-order valence-electron chi connectivity index (χ2n) is 8.39. The van der Waals surface area contributed by atoms with E-state index in [0.29, 0.717) is 37.0 Å². The quantitative estimate of drug-likeness (QED) is 0.472. The van der Waals surface area contributed by atoms with Gasteiger partial charge in [-0.05, 0) is 44.7 Å². The Hall–Kier alpha value is -3.13. The lowest BCUT2D eigenvalue weighted by atomic mass is 10.1. The van der Waals surface area contributed by atoms with E-state index < -0.39 is 0 Å². The molecule has 3 aromatic rings. The number of nitrogen functional groups attached to an aromatic ring is 1. The van der Waals surface area contributed by atoms with Gasteiger partial charge in [0.25, 0.3) is 0 Å². The Labute approximate surface area is 188 Å². The number of hydrogen-bond acceptors (Lipinski definition) is 5. The number of nitrogens with two attached hydrogens (primary N) is 2. The number of fused-ring (bicyclic) bond motifs is 1. The molecular weight excluding hydrogens is 404 g/mol. The van der Waals surface area contributed by atoms with Gasteiger partial charge in [0.05, 0.1) is 5.52 Å². The second-order valence-corrected chi connectivity index (χ2v) is 8.39. The van der Waals surface area contributed by atoms with Crippen LogP contribution in [0.2, 0.25) is 0 Å². The van der Waals surface area contributed by atoms with Crippen LogP contribution >= 0.6 is 0 Å². The predicted octanol–water partition coefficient (Wildman–Crippen LogP) is 3.58. The molecule has 8 nitrogen and oxygen atoms in total. The highest BCUT2D eigenvalue weighted by Crippen LogP contribution is 2.44. The van der Waals surface area contributed by atoms with Crippen LogP contribution in [0, 0.1) is 6.92 Å². The third-order valence-electron chi connectivity index (χ3n) is 6.10. The third-order valence-corrected chi connectivity index (χ3v) is 6.10. The van der Waals surface area contributed by atoms with Crippen molar-refractivity contribution < 1.29 is 9.53 Å². The van der Waals surface area contributed by atoms with Crippen molar-refractivity contribution in [2.45, 2.75) is 58.2 Å². The average molecular weight is 437 g/mol. The summed E-state index contributed by atoms with van der Waals surface area (Å²) in [6.45, 7) is 6.36. The number of pyridine rings is 1. The molecule has 4 rings (SSSR count). The highest BCUT2D eigenvalue weighted by molar-refractivity contribution is 5.85. The van der Waals surface area contributed by atoms with Gasteiger partial charge in [-0.15, -0.1) is 0 Å². The van der Waals surface area contributed by atoms with Gasteiger partial charge in [-0.25, -0.2) is 14.8 Å². The molecule has 2 amide bonds. The average Bonchev–Trinajstić information content (AvgIpc) is 3.48. The molecule has 0 aliphatic heterocycles. The molecule has 8 heteroatoms. The molecule has 1 fully saturated rings. The zero-order valence-electron chi connectivity index (χ0n) is 18.8. The minimum atomic E-state index is -0.340. The Morgan fingerprint density at radius 2 is 2.03 bits per heavy atom. The maximum atomic E-state index is 12.1. The fourth-order valence-electron chi connectivity index (χ4n) is 4.45. The number of unbranched alkanes of at least 4 members (excludes halogenated alkanes) is 1. The number of carbonyl (C=O) groups is 1. The molecule has 0 spiro atoms. The molecule has 2 atom stereocenters. The second kappa shape index (κ2) is 9.56.